The fourth-order valence-electron chi connectivity index (χ4n) is 5.53. The quantitative estimate of drug-likeness (QED) is 0.257. The third kappa shape index (κ3) is 4.63. The molecule has 0 saturated carbocycles. The zero-order chi connectivity index (χ0) is 26.6. The monoisotopic (exact) mass is 481 g/mol. The van der Waals surface area contributed by atoms with E-state index in [-0.39, 0.29) is 10.8 Å². The Morgan fingerprint density at radius 3 is 1.67 bits per heavy atom. The van der Waals surface area contributed by atoms with Crippen molar-refractivity contribution in [2.45, 2.75) is 91.9 Å². The first-order valence-corrected chi connectivity index (χ1v) is 13.5. The van der Waals surface area contributed by atoms with E-state index in [2.05, 4.69) is 146 Å². The molecule has 0 aliphatic carbocycles. The summed E-state index contributed by atoms with van der Waals surface area (Å²) in [5.74, 6) is 2.12. The summed E-state index contributed by atoms with van der Waals surface area (Å²) in [7, 11) is 2.22. The SMILES string of the molecule is CC(C)c1cc(-c2ccc(C(C)(C)C)cc2)cc(C(C)C)c1-n1c(C(C)(C)C)[n+](C)c2ccccc21. The van der Waals surface area contributed by atoms with Gasteiger partial charge in [-0.1, -0.05) is 84.9 Å². The number of para-hydroxylation sites is 2. The molecule has 3 aromatic carbocycles. The van der Waals surface area contributed by atoms with Crippen LogP contribution in [0.15, 0.2) is 60.7 Å². The van der Waals surface area contributed by atoms with Crippen molar-refractivity contribution in [2.75, 3.05) is 0 Å². The molecular formula is C34H45N2+. The van der Waals surface area contributed by atoms with Crippen molar-refractivity contribution in [3.05, 3.63) is 83.2 Å². The van der Waals surface area contributed by atoms with E-state index in [1.807, 2.05) is 0 Å². The summed E-state index contributed by atoms with van der Waals surface area (Å²) in [5.41, 5.74) is 10.8. The summed E-state index contributed by atoms with van der Waals surface area (Å²) >= 11 is 0. The van der Waals surface area contributed by atoms with E-state index in [1.54, 1.807) is 0 Å². The molecule has 0 amide bonds. The highest BCUT2D eigenvalue weighted by atomic mass is 15.2. The van der Waals surface area contributed by atoms with Crippen molar-refractivity contribution in [2.24, 2.45) is 7.05 Å². The molecule has 36 heavy (non-hydrogen) atoms. The van der Waals surface area contributed by atoms with Crippen LogP contribution in [-0.4, -0.2) is 4.57 Å². The van der Waals surface area contributed by atoms with Gasteiger partial charge in [0, 0.05) is 11.1 Å². The van der Waals surface area contributed by atoms with Gasteiger partial charge in [-0.2, -0.15) is 4.57 Å². The minimum atomic E-state index is -0.0161. The summed E-state index contributed by atoms with van der Waals surface area (Å²) in [5, 5.41) is 0. The van der Waals surface area contributed by atoms with Crippen LogP contribution in [0.4, 0.5) is 0 Å². The molecule has 0 atom stereocenters. The van der Waals surface area contributed by atoms with Crippen molar-refractivity contribution in [1.82, 2.24) is 4.57 Å². The van der Waals surface area contributed by atoms with E-state index >= 15 is 0 Å². The van der Waals surface area contributed by atoms with Crippen molar-refractivity contribution < 1.29 is 4.57 Å². The van der Waals surface area contributed by atoms with E-state index < -0.39 is 0 Å². The minimum absolute atomic E-state index is 0.0161. The second-order valence-electron chi connectivity index (χ2n) is 13.1. The highest BCUT2D eigenvalue weighted by molar-refractivity contribution is 5.78. The van der Waals surface area contributed by atoms with Gasteiger partial charge >= 0.3 is 0 Å². The zero-order valence-corrected chi connectivity index (χ0v) is 24.3. The van der Waals surface area contributed by atoms with E-state index in [9.17, 15) is 0 Å². The van der Waals surface area contributed by atoms with Gasteiger partial charge in [0.25, 0.3) is 5.82 Å². The van der Waals surface area contributed by atoms with Crippen LogP contribution in [0.1, 0.15) is 104 Å². The van der Waals surface area contributed by atoms with Crippen molar-refractivity contribution >= 4 is 11.0 Å². The molecule has 190 valence electrons. The summed E-state index contributed by atoms with van der Waals surface area (Å²) < 4.78 is 4.95. The van der Waals surface area contributed by atoms with Gasteiger partial charge in [0.15, 0.2) is 11.0 Å². The van der Waals surface area contributed by atoms with Crippen LogP contribution >= 0.6 is 0 Å². The normalized spacial score (nSPS) is 12.8. The minimum Gasteiger partial charge on any atom is -0.229 e. The maximum absolute atomic E-state index is 2.56. The number of aryl methyl sites for hydroxylation is 1. The highest BCUT2D eigenvalue weighted by Crippen LogP contribution is 2.40. The van der Waals surface area contributed by atoms with Crippen molar-refractivity contribution in [1.29, 1.82) is 0 Å². The lowest BCUT2D eigenvalue weighted by atomic mass is 9.84. The largest absolute Gasteiger partial charge is 0.267 e. The summed E-state index contributed by atoms with van der Waals surface area (Å²) in [4.78, 5) is 0. The Bertz CT molecular complexity index is 1360. The van der Waals surface area contributed by atoms with Crippen LogP contribution in [0.3, 0.4) is 0 Å². The van der Waals surface area contributed by atoms with Gasteiger partial charge in [-0.15, -0.1) is 0 Å². The summed E-state index contributed by atoms with van der Waals surface area (Å²) in [6, 6.07) is 22.9. The van der Waals surface area contributed by atoms with E-state index in [4.69, 9.17) is 0 Å². The molecule has 4 rings (SSSR count). The maximum atomic E-state index is 2.56. The number of hydrogen-bond donors (Lipinski definition) is 0. The molecule has 2 nitrogen and oxygen atoms in total. The first-order valence-electron chi connectivity index (χ1n) is 13.5. The molecule has 0 bridgehead atoms. The summed E-state index contributed by atoms with van der Waals surface area (Å²) in [6.07, 6.45) is 0. The second-order valence-corrected chi connectivity index (χ2v) is 13.1. The molecular weight excluding hydrogens is 436 g/mol. The Morgan fingerprint density at radius 1 is 0.667 bits per heavy atom. The fourth-order valence-corrected chi connectivity index (χ4v) is 5.53. The average molecular weight is 482 g/mol. The number of imidazole rings is 1. The van der Waals surface area contributed by atoms with Gasteiger partial charge in [-0.3, -0.25) is 0 Å². The first kappa shape index (κ1) is 26.2. The third-order valence-corrected chi connectivity index (χ3v) is 7.41. The van der Waals surface area contributed by atoms with Gasteiger partial charge in [0.2, 0.25) is 0 Å². The van der Waals surface area contributed by atoms with E-state index in [0.717, 1.165) is 0 Å². The standard InChI is InChI=1S/C34H45N2/c1-22(2)27-20-25(24-16-18-26(19-17-24)33(5,6)7)21-28(23(3)4)31(27)36-30-15-13-12-14-29(30)35(11)32(36)34(8,9)10/h12-23H,1-11H3/q+1. The molecule has 0 aliphatic heterocycles. The lowest BCUT2D eigenvalue weighted by molar-refractivity contribution is -0.657. The third-order valence-electron chi connectivity index (χ3n) is 7.41. The smallest absolute Gasteiger partial charge is 0.229 e. The van der Waals surface area contributed by atoms with Crippen LogP contribution < -0.4 is 4.57 Å². The first-order chi connectivity index (χ1) is 16.7. The Balaban J connectivity index is 2.07. The number of benzene rings is 3. The van der Waals surface area contributed by atoms with Crippen LogP contribution in [0.5, 0.6) is 0 Å². The zero-order valence-electron chi connectivity index (χ0n) is 24.3. The Morgan fingerprint density at radius 2 is 1.19 bits per heavy atom. The van der Waals surface area contributed by atoms with Crippen molar-refractivity contribution in [3.8, 4) is 16.8 Å². The number of hydrogen-bond acceptors (Lipinski definition) is 0. The second kappa shape index (κ2) is 9.21. The van der Waals surface area contributed by atoms with Crippen molar-refractivity contribution in [3.63, 3.8) is 0 Å². The van der Waals surface area contributed by atoms with E-state index in [1.165, 1.54) is 50.4 Å². The number of fused-ring (bicyclic) bond motifs is 1. The molecule has 1 heterocycles. The van der Waals surface area contributed by atoms with Gasteiger partial charge in [0.05, 0.1) is 12.5 Å². The van der Waals surface area contributed by atoms with Gasteiger partial charge in [-0.05, 0) is 79.0 Å². The molecule has 2 heteroatoms. The van der Waals surface area contributed by atoms with Crippen LogP contribution in [0, 0.1) is 0 Å². The van der Waals surface area contributed by atoms with Crippen LogP contribution in [0.2, 0.25) is 0 Å². The molecule has 0 N–H and O–H groups in total. The van der Waals surface area contributed by atoms with Gasteiger partial charge < -0.3 is 0 Å². The number of rotatable bonds is 4. The molecule has 0 radical (unpaired) electrons. The number of aromatic nitrogens is 2. The fraction of sp³-hybridized carbons (Fsp3) is 0.441. The Labute approximate surface area is 219 Å². The molecule has 0 spiro atoms. The van der Waals surface area contributed by atoms with E-state index in [0.29, 0.717) is 11.8 Å². The molecule has 4 aromatic rings. The topological polar surface area (TPSA) is 8.81 Å². The van der Waals surface area contributed by atoms with Crippen LogP contribution in [0.25, 0.3) is 27.8 Å². The molecule has 0 saturated heterocycles. The predicted molar refractivity (Wildman–Crippen MR) is 155 cm³/mol. The van der Waals surface area contributed by atoms with Gasteiger partial charge in [0.1, 0.15) is 5.69 Å². The average Bonchev–Trinajstić information content (AvgIpc) is 3.10. The Hall–Kier alpha value is -2.87. The number of nitrogens with zero attached hydrogens (tertiary/aromatic N) is 2. The molecule has 0 unspecified atom stereocenters. The lowest BCUT2D eigenvalue weighted by Gasteiger charge is -2.23. The molecule has 0 aliphatic rings. The highest BCUT2D eigenvalue weighted by Gasteiger charge is 2.36. The maximum Gasteiger partial charge on any atom is 0.267 e. The Kier molecular flexibility index (Phi) is 6.71. The molecule has 0 fully saturated rings. The lowest BCUT2D eigenvalue weighted by Crippen LogP contribution is -2.39. The predicted octanol–water partition coefficient (Wildman–Crippen LogP) is 8.96. The van der Waals surface area contributed by atoms with Crippen LogP contribution in [-0.2, 0) is 17.9 Å². The molecule has 1 aromatic heterocycles. The van der Waals surface area contributed by atoms with Gasteiger partial charge in [-0.25, -0.2) is 4.57 Å². The summed E-state index contributed by atoms with van der Waals surface area (Å²) in [6.45, 7) is 23.1.